The van der Waals surface area contributed by atoms with Crippen molar-refractivity contribution in [2.45, 2.75) is 71.4 Å². The van der Waals surface area contributed by atoms with Gasteiger partial charge < -0.3 is 19.2 Å². The summed E-state index contributed by atoms with van der Waals surface area (Å²) in [5.41, 5.74) is 3.55. The number of piperidine rings is 1. The molecular formula is C34H41F2N3O5. The molecule has 1 aliphatic heterocycles. The second kappa shape index (κ2) is 11.9. The first-order chi connectivity index (χ1) is 20.7. The van der Waals surface area contributed by atoms with E-state index in [4.69, 9.17) is 9.47 Å². The highest BCUT2D eigenvalue weighted by molar-refractivity contribution is 6.03. The molecule has 1 aliphatic carbocycles. The first-order valence-corrected chi connectivity index (χ1v) is 14.9. The van der Waals surface area contributed by atoms with Gasteiger partial charge in [0.2, 0.25) is 5.92 Å². The summed E-state index contributed by atoms with van der Waals surface area (Å²) >= 11 is 0. The summed E-state index contributed by atoms with van der Waals surface area (Å²) in [6, 6.07) is 11.2. The number of aryl methyl sites for hydroxylation is 1. The predicted molar refractivity (Wildman–Crippen MR) is 166 cm³/mol. The second-order valence-corrected chi connectivity index (χ2v) is 13.0. The number of methoxy groups -OCH3 is 2. The van der Waals surface area contributed by atoms with Gasteiger partial charge in [0.15, 0.2) is 0 Å². The molecule has 2 aliphatic rings. The largest absolute Gasteiger partial charge is 0.496 e. The Labute approximate surface area is 256 Å². The molecule has 2 fully saturated rings. The monoisotopic (exact) mass is 609 g/mol. The highest BCUT2D eigenvalue weighted by Crippen LogP contribution is 2.57. The topological polar surface area (TPSA) is 85.8 Å². The molecule has 3 heterocycles. The lowest BCUT2D eigenvalue weighted by Gasteiger charge is -2.51. The third kappa shape index (κ3) is 6.45. The molecule has 8 nitrogen and oxygen atoms in total. The van der Waals surface area contributed by atoms with Gasteiger partial charge in [-0.25, -0.2) is 18.4 Å². The first kappa shape index (κ1) is 31.5. The molecule has 1 saturated carbocycles. The van der Waals surface area contributed by atoms with Gasteiger partial charge in [-0.05, 0) is 94.9 Å². The van der Waals surface area contributed by atoms with Crippen LogP contribution in [0.25, 0.3) is 21.8 Å². The molecule has 0 atom stereocenters. The second-order valence-electron chi connectivity index (χ2n) is 13.0. The average Bonchev–Trinajstić information content (AvgIpc) is 3.62. The molecule has 236 valence electrons. The fourth-order valence-electron chi connectivity index (χ4n) is 6.55. The minimum Gasteiger partial charge on any atom is -0.496 e. The van der Waals surface area contributed by atoms with Crippen molar-refractivity contribution in [1.29, 1.82) is 0 Å². The van der Waals surface area contributed by atoms with Crippen molar-refractivity contribution < 1.29 is 32.6 Å². The highest BCUT2D eigenvalue weighted by Gasteiger charge is 2.56. The van der Waals surface area contributed by atoms with Gasteiger partial charge in [-0.2, -0.15) is 0 Å². The number of hydrogen-bond acceptors (Lipinski definition) is 6. The third-order valence-corrected chi connectivity index (χ3v) is 8.61. The molecule has 1 saturated heterocycles. The molecule has 10 heteroatoms. The van der Waals surface area contributed by atoms with Gasteiger partial charge in [0.05, 0.1) is 25.3 Å². The van der Waals surface area contributed by atoms with Gasteiger partial charge in [-0.3, -0.25) is 9.47 Å². The van der Waals surface area contributed by atoms with Crippen LogP contribution in [-0.2, 0) is 16.0 Å². The molecule has 1 N–H and O–H groups in total. The smallest absolute Gasteiger partial charge is 0.419 e. The van der Waals surface area contributed by atoms with Gasteiger partial charge in [-0.1, -0.05) is 6.07 Å². The van der Waals surface area contributed by atoms with E-state index in [-0.39, 0.29) is 24.2 Å². The van der Waals surface area contributed by atoms with Gasteiger partial charge in [-0.15, -0.1) is 0 Å². The molecule has 0 amide bonds. The number of hydrogen-bond donors (Lipinski definition) is 1. The zero-order valence-corrected chi connectivity index (χ0v) is 26.3. The van der Waals surface area contributed by atoms with E-state index in [0.717, 1.165) is 64.6 Å². The van der Waals surface area contributed by atoms with Crippen LogP contribution in [0.3, 0.4) is 0 Å². The fraction of sp³-hybridized carbons (Fsp3) is 0.471. The van der Waals surface area contributed by atoms with Crippen LogP contribution in [-0.4, -0.2) is 65.3 Å². The van der Waals surface area contributed by atoms with Crippen LogP contribution in [0.5, 0.6) is 5.75 Å². The van der Waals surface area contributed by atoms with Crippen molar-refractivity contribution in [2.75, 3.05) is 27.3 Å². The van der Waals surface area contributed by atoms with Crippen molar-refractivity contribution in [2.24, 2.45) is 5.41 Å². The number of aromatic amines is 1. The molecule has 4 aromatic rings. The summed E-state index contributed by atoms with van der Waals surface area (Å²) in [6.45, 7) is 9.74. The number of benzene rings is 2. The van der Waals surface area contributed by atoms with E-state index in [0.29, 0.717) is 12.1 Å². The Morgan fingerprint density at radius 3 is 2.34 bits per heavy atom. The molecule has 0 bridgehead atoms. The third-order valence-electron chi connectivity index (χ3n) is 8.61. The lowest BCUT2D eigenvalue weighted by molar-refractivity contribution is -0.178. The van der Waals surface area contributed by atoms with Crippen LogP contribution in [0, 0.1) is 12.3 Å². The number of rotatable bonds is 4. The van der Waals surface area contributed by atoms with Crippen LogP contribution in [0.2, 0.25) is 0 Å². The van der Waals surface area contributed by atoms with Crippen molar-refractivity contribution >= 4 is 33.9 Å². The number of halogens is 2. The van der Waals surface area contributed by atoms with Gasteiger partial charge in [0.1, 0.15) is 11.4 Å². The van der Waals surface area contributed by atoms with E-state index in [9.17, 15) is 18.4 Å². The van der Waals surface area contributed by atoms with Gasteiger partial charge in [0, 0.05) is 53.6 Å². The number of carbonyl (C=O) groups excluding carboxylic acids is 2. The molecule has 6 rings (SSSR count). The average molecular weight is 610 g/mol. The number of carbonyl (C=O) groups is 2. The summed E-state index contributed by atoms with van der Waals surface area (Å²) in [4.78, 5) is 29.4. The number of nitrogens with zero attached hydrogens (tertiary/aromatic N) is 2. The zero-order chi connectivity index (χ0) is 31.9. The van der Waals surface area contributed by atoms with Crippen LogP contribution < -0.4 is 4.74 Å². The van der Waals surface area contributed by atoms with Crippen molar-refractivity contribution in [3.05, 3.63) is 65.5 Å². The maximum atomic E-state index is 13.4. The summed E-state index contributed by atoms with van der Waals surface area (Å²) in [7, 11) is 3.03. The molecule has 44 heavy (non-hydrogen) atoms. The standard InChI is InChI=1S/C24H32F2N2O3.C10H9NO2/c1-16-12-19(30-5)18(13-27-10-7-23(8-11-27)14-24(25,26)15-23)17-6-9-28(20(16)17)21(29)31-22(2,3)4;1-13-10(12)8-3-2-4-9-7(8)5-6-11-9/h6,9,12H,7-8,10-11,13-15H2,1-5H3;2-6,11H,1H3. The van der Waals surface area contributed by atoms with E-state index in [1.165, 1.54) is 7.11 Å². The number of H-pyrrole nitrogens is 1. The predicted octanol–water partition coefficient (Wildman–Crippen LogP) is 7.71. The Hall–Kier alpha value is -3.92. The first-order valence-electron chi connectivity index (χ1n) is 14.9. The maximum absolute atomic E-state index is 13.4. The van der Waals surface area contributed by atoms with Gasteiger partial charge >= 0.3 is 12.1 Å². The van der Waals surface area contributed by atoms with E-state index >= 15 is 0 Å². The Balaban J connectivity index is 0.000000245. The molecule has 2 aromatic carbocycles. The SMILES string of the molecule is COC(=O)c1cccc2[nH]ccc12.COc1cc(C)c2c(ccn2C(=O)OC(C)(C)C)c1CN1CCC2(CC1)CC(F)(F)C2. The molecule has 0 unspecified atom stereocenters. The zero-order valence-electron chi connectivity index (χ0n) is 26.3. The van der Waals surface area contributed by atoms with Crippen LogP contribution in [0.15, 0.2) is 48.8 Å². The van der Waals surface area contributed by atoms with Crippen LogP contribution in [0.1, 0.15) is 67.9 Å². The number of alkyl halides is 2. The Bertz CT molecular complexity index is 1670. The lowest BCUT2D eigenvalue weighted by atomic mass is 9.61. The van der Waals surface area contributed by atoms with Crippen molar-refractivity contribution in [3.8, 4) is 5.75 Å². The summed E-state index contributed by atoms with van der Waals surface area (Å²) in [5, 5.41) is 1.85. The Morgan fingerprint density at radius 2 is 1.73 bits per heavy atom. The van der Waals surface area contributed by atoms with E-state index in [2.05, 4.69) is 14.6 Å². The van der Waals surface area contributed by atoms with E-state index in [1.54, 1.807) is 30.1 Å². The summed E-state index contributed by atoms with van der Waals surface area (Å²) in [6.07, 6.45) is 4.81. The minimum atomic E-state index is -2.47. The fourth-order valence-corrected chi connectivity index (χ4v) is 6.55. The normalized spacial score (nSPS) is 17.5. The van der Waals surface area contributed by atoms with Crippen molar-refractivity contribution in [3.63, 3.8) is 0 Å². The van der Waals surface area contributed by atoms with Crippen LogP contribution >= 0.6 is 0 Å². The quantitative estimate of drug-likeness (QED) is 0.239. The number of fused-ring (bicyclic) bond motifs is 2. The molecule has 2 aromatic heterocycles. The van der Waals surface area contributed by atoms with Crippen molar-refractivity contribution in [1.82, 2.24) is 14.5 Å². The maximum Gasteiger partial charge on any atom is 0.419 e. The number of esters is 1. The van der Waals surface area contributed by atoms with Crippen LogP contribution in [0.4, 0.5) is 13.6 Å². The lowest BCUT2D eigenvalue weighted by Crippen LogP contribution is -2.52. The van der Waals surface area contributed by atoms with Gasteiger partial charge in [0.25, 0.3) is 0 Å². The summed E-state index contributed by atoms with van der Waals surface area (Å²) < 4.78 is 44.3. The Kier molecular flexibility index (Phi) is 8.50. The number of aromatic nitrogens is 2. The minimum absolute atomic E-state index is 0.0324. The molecular weight excluding hydrogens is 568 g/mol. The molecule has 0 radical (unpaired) electrons. The number of likely N-dealkylation sites (tertiary alicyclic amines) is 1. The van der Waals surface area contributed by atoms with E-state index < -0.39 is 17.6 Å². The molecule has 1 spiro atoms. The highest BCUT2D eigenvalue weighted by atomic mass is 19.3. The van der Waals surface area contributed by atoms with E-state index in [1.807, 2.05) is 58.0 Å². The number of nitrogens with one attached hydrogen (secondary N) is 1. The Morgan fingerprint density at radius 1 is 1.02 bits per heavy atom. The number of ether oxygens (including phenoxy) is 3. The summed E-state index contributed by atoms with van der Waals surface area (Å²) in [5.74, 6) is -1.99.